The predicted octanol–water partition coefficient (Wildman–Crippen LogP) is 3.98. The van der Waals surface area contributed by atoms with Gasteiger partial charge in [-0.25, -0.2) is 0 Å². The van der Waals surface area contributed by atoms with E-state index in [1.165, 1.54) is 12.8 Å². The largest absolute Gasteiger partial charge is 0.376 e. The highest BCUT2D eigenvalue weighted by Gasteiger charge is 2.31. The lowest BCUT2D eigenvalue weighted by molar-refractivity contribution is 0.0937. The molecule has 6 heteroatoms. The van der Waals surface area contributed by atoms with Crippen LogP contribution in [0.1, 0.15) is 62.3 Å². The van der Waals surface area contributed by atoms with Crippen molar-refractivity contribution in [2.45, 2.75) is 38.3 Å². The fourth-order valence-corrected chi connectivity index (χ4v) is 4.06. The summed E-state index contributed by atoms with van der Waals surface area (Å²) < 4.78 is 0. The number of Topliss-reactive ketones (excluding diaryl/α,β-unsaturated/α-hetero) is 2. The zero-order chi connectivity index (χ0) is 20.4. The number of carbonyl (C=O) groups excluding carboxylic acids is 3. The molecule has 0 aromatic heterocycles. The van der Waals surface area contributed by atoms with Crippen molar-refractivity contribution in [1.29, 1.82) is 0 Å². The quantitative estimate of drug-likeness (QED) is 0.784. The Hall–Kier alpha value is -2.92. The number of benzene rings is 2. The maximum absolute atomic E-state index is 12.7. The second kappa shape index (κ2) is 8.21. The molecule has 4 rings (SSSR count). The van der Waals surface area contributed by atoms with Crippen LogP contribution < -0.4 is 10.6 Å². The molecule has 1 amide bonds. The number of ketones is 2. The zero-order valence-electron chi connectivity index (χ0n) is 15.8. The molecule has 0 unspecified atom stereocenters. The molecular weight excluding hydrogens is 388 g/mol. The number of hydrogen-bond acceptors (Lipinski definition) is 4. The second-order valence-corrected chi connectivity index (χ2v) is 7.78. The standard InChI is InChI=1S/C23H21ClN2O3/c24-19-20(22(28)18-8-4-3-7-17(18)21(19)27)25-13-14-9-11-15(12-10-14)23(29)26-16-5-1-2-6-16/h3-4,7-12,16,25H,1-2,5-6,13H2,(H,26,29). The number of hydrogen-bond donors (Lipinski definition) is 2. The lowest BCUT2D eigenvalue weighted by Crippen LogP contribution is -2.32. The van der Waals surface area contributed by atoms with E-state index in [9.17, 15) is 14.4 Å². The molecule has 0 heterocycles. The van der Waals surface area contributed by atoms with Gasteiger partial charge in [0.15, 0.2) is 0 Å². The maximum Gasteiger partial charge on any atom is 0.251 e. The minimum atomic E-state index is -0.358. The molecule has 1 fully saturated rings. The molecule has 0 atom stereocenters. The van der Waals surface area contributed by atoms with E-state index in [0.29, 0.717) is 23.2 Å². The van der Waals surface area contributed by atoms with Gasteiger partial charge in [0, 0.05) is 29.3 Å². The van der Waals surface area contributed by atoms with Gasteiger partial charge in [0.2, 0.25) is 11.6 Å². The van der Waals surface area contributed by atoms with Gasteiger partial charge in [-0.1, -0.05) is 60.8 Å². The van der Waals surface area contributed by atoms with Crippen molar-refractivity contribution >= 4 is 29.1 Å². The molecular formula is C23H21ClN2O3. The first-order valence-corrected chi connectivity index (χ1v) is 10.1. The van der Waals surface area contributed by atoms with Crippen molar-refractivity contribution in [3.63, 3.8) is 0 Å². The molecule has 0 saturated heterocycles. The highest BCUT2D eigenvalue weighted by molar-refractivity contribution is 6.49. The fourth-order valence-electron chi connectivity index (χ4n) is 3.81. The van der Waals surface area contributed by atoms with Gasteiger partial charge in [0.1, 0.15) is 10.7 Å². The Labute approximate surface area is 174 Å². The fraction of sp³-hybridized carbons (Fsp3) is 0.261. The van der Waals surface area contributed by atoms with Gasteiger partial charge in [0.05, 0.1) is 0 Å². The Bertz CT molecular complexity index is 1010. The Morgan fingerprint density at radius 2 is 1.55 bits per heavy atom. The second-order valence-electron chi connectivity index (χ2n) is 7.40. The van der Waals surface area contributed by atoms with Gasteiger partial charge in [-0.05, 0) is 30.5 Å². The lowest BCUT2D eigenvalue weighted by atomic mass is 9.92. The van der Waals surface area contributed by atoms with Gasteiger partial charge in [-0.15, -0.1) is 0 Å². The summed E-state index contributed by atoms with van der Waals surface area (Å²) in [5.74, 6) is -0.715. The first-order chi connectivity index (χ1) is 14.0. The molecule has 0 radical (unpaired) electrons. The van der Waals surface area contributed by atoms with Crippen LogP contribution in [0.15, 0.2) is 59.3 Å². The van der Waals surface area contributed by atoms with Crippen molar-refractivity contribution in [2.75, 3.05) is 0 Å². The average Bonchev–Trinajstić information content (AvgIpc) is 3.25. The summed E-state index contributed by atoms with van der Waals surface area (Å²) in [4.78, 5) is 37.4. The smallest absolute Gasteiger partial charge is 0.251 e. The molecule has 29 heavy (non-hydrogen) atoms. The molecule has 2 aliphatic carbocycles. The molecule has 0 bridgehead atoms. The van der Waals surface area contributed by atoms with E-state index in [4.69, 9.17) is 11.6 Å². The molecule has 2 aromatic carbocycles. The third-order valence-corrected chi connectivity index (χ3v) is 5.80. The van der Waals surface area contributed by atoms with Crippen LogP contribution in [0.25, 0.3) is 0 Å². The third-order valence-electron chi connectivity index (χ3n) is 5.44. The summed E-state index contributed by atoms with van der Waals surface area (Å²) in [5, 5.41) is 5.96. The van der Waals surface area contributed by atoms with E-state index < -0.39 is 0 Å². The summed E-state index contributed by atoms with van der Waals surface area (Å²) in [7, 11) is 0. The number of nitrogens with one attached hydrogen (secondary N) is 2. The molecule has 5 nitrogen and oxygen atoms in total. The summed E-state index contributed by atoms with van der Waals surface area (Å²) in [6.07, 6.45) is 4.41. The normalized spacial score (nSPS) is 16.7. The Morgan fingerprint density at radius 3 is 2.21 bits per heavy atom. The monoisotopic (exact) mass is 408 g/mol. The summed E-state index contributed by atoms with van der Waals surface area (Å²) in [6.45, 7) is 0.317. The van der Waals surface area contributed by atoms with E-state index in [0.717, 1.165) is 18.4 Å². The Balaban J connectivity index is 1.42. The number of allylic oxidation sites excluding steroid dienone is 2. The summed E-state index contributed by atoms with van der Waals surface area (Å²) >= 11 is 6.16. The first-order valence-electron chi connectivity index (χ1n) is 9.76. The zero-order valence-corrected chi connectivity index (χ0v) is 16.6. The van der Waals surface area contributed by atoms with Gasteiger partial charge >= 0.3 is 0 Å². The molecule has 2 aliphatic rings. The number of carbonyl (C=O) groups is 3. The molecule has 148 valence electrons. The van der Waals surface area contributed by atoms with E-state index >= 15 is 0 Å². The number of rotatable bonds is 5. The number of amides is 1. The van der Waals surface area contributed by atoms with Gasteiger partial charge < -0.3 is 10.6 Å². The van der Waals surface area contributed by atoms with Gasteiger partial charge in [-0.3, -0.25) is 14.4 Å². The molecule has 0 spiro atoms. The van der Waals surface area contributed by atoms with Crippen LogP contribution in [-0.2, 0) is 6.54 Å². The van der Waals surface area contributed by atoms with Crippen LogP contribution in [0.3, 0.4) is 0 Å². The van der Waals surface area contributed by atoms with Crippen LogP contribution in [0.5, 0.6) is 0 Å². The minimum Gasteiger partial charge on any atom is -0.376 e. The van der Waals surface area contributed by atoms with E-state index in [1.54, 1.807) is 36.4 Å². The lowest BCUT2D eigenvalue weighted by Gasteiger charge is -2.19. The van der Waals surface area contributed by atoms with Crippen LogP contribution in [0.2, 0.25) is 0 Å². The highest BCUT2D eigenvalue weighted by Crippen LogP contribution is 2.27. The minimum absolute atomic E-state index is 0.0631. The van der Waals surface area contributed by atoms with Crippen molar-refractivity contribution in [3.05, 3.63) is 81.5 Å². The summed E-state index contributed by atoms with van der Waals surface area (Å²) in [6, 6.07) is 14.1. The Morgan fingerprint density at radius 1 is 0.931 bits per heavy atom. The highest BCUT2D eigenvalue weighted by atomic mass is 35.5. The average molecular weight is 409 g/mol. The van der Waals surface area contributed by atoms with Crippen LogP contribution in [-0.4, -0.2) is 23.5 Å². The Kier molecular flexibility index (Phi) is 5.49. The van der Waals surface area contributed by atoms with Crippen molar-refractivity contribution < 1.29 is 14.4 Å². The van der Waals surface area contributed by atoms with E-state index in [2.05, 4.69) is 10.6 Å². The molecule has 2 N–H and O–H groups in total. The van der Waals surface area contributed by atoms with Crippen molar-refractivity contribution in [3.8, 4) is 0 Å². The maximum atomic E-state index is 12.7. The van der Waals surface area contributed by atoms with Crippen LogP contribution in [0.4, 0.5) is 0 Å². The third kappa shape index (κ3) is 3.96. The topological polar surface area (TPSA) is 75.3 Å². The van der Waals surface area contributed by atoms with Gasteiger partial charge in [-0.2, -0.15) is 0 Å². The summed E-state index contributed by atoms with van der Waals surface area (Å²) in [5.41, 5.74) is 2.27. The number of fused-ring (bicyclic) bond motifs is 1. The van der Waals surface area contributed by atoms with Crippen molar-refractivity contribution in [2.24, 2.45) is 0 Å². The predicted molar refractivity (Wildman–Crippen MR) is 111 cm³/mol. The molecule has 2 aromatic rings. The number of halogens is 1. The van der Waals surface area contributed by atoms with Crippen LogP contribution in [0, 0.1) is 0 Å². The first kappa shape index (κ1) is 19.4. The van der Waals surface area contributed by atoms with Crippen molar-refractivity contribution in [1.82, 2.24) is 10.6 Å². The van der Waals surface area contributed by atoms with Crippen LogP contribution >= 0.6 is 11.6 Å². The molecule has 1 saturated carbocycles. The molecule has 0 aliphatic heterocycles. The van der Waals surface area contributed by atoms with E-state index in [-0.39, 0.29) is 34.2 Å². The van der Waals surface area contributed by atoms with Gasteiger partial charge in [0.25, 0.3) is 5.91 Å². The SMILES string of the molecule is O=C(NC1CCCC1)c1ccc(CNC2=C(Cl)C(=O)c3ccccc3C2=O)cc1. The van der Waals surface area contributed by atoms with E-state index in [1.807, 2.05) is 12.1 Å².